The molecule has 134 valence electrons. The Morgan fingerprint density at radius 3 is 2.30 bits per heavy atom. The first-order chi connectivity index (χ1) is 10.7. The Morgan fingerprint density at radius 1 is 1.13 bits per heavy atom. The van der Waals surface area contributed by atoms with Gasteiger partial charge in [0.25, 0.3) is 5.91 Å². The standard InChI is InChI=1S/C16H29N3O3.ClH/c1-22-16(7-10-17-11-8-16)15(21)18-9-6-14(20)19-12-4-2-3-5-13-19;/h17H,2-13H2,1H3,(H,18,21);1H. The van der Waals surface area contributed by atoms with Gasteiger partial charge in [-0.2, -0.15) is 0 Å². The molecule has 2 aliphatic rings. The summed E-state index contributed by atoms with van der Waals surface area (Å²) in [5, 5.41) is 6.12. The lowest BCUT2D eigenvalue weighted by molar-refractivity contribution is -0.146. The third-order valence-electron chi connectivity index (χ3n) is 4.80. The number of carbonyl (C=O) groups excluding carboxylic acids is 2. The molecule has 0 saturated carbocycles. The molecule has 6 nitrogen and oxygen atoms in total. The van der Waals surface area contributed by atoms with E-state index in [2.05, 4.69) is 10.6 Å². The van der Waals surface area contributed by atoms with Gasteiger partial charge in [0, 0.05) is 33.2 Å². The number of carbonyl (C=O) groups is 2. The molecule has 2 rings (SSSR count). The van der Waals surface area contributed by atoms with Crippen LogP contribution in [-0.2, 0) is 14.3 Å². The quantitative estimate of drug-likeness (QED) is 0.781. The summed E-state index contributed by atoms with van der Waals surface area (Å²) in [5.74, 6) is 0.0687. The average molecular weight is 348 g/mol. The maximum atomic E-state index is 12.4. The van der Waals surface area contributed by atoms with Crippen molar-refractivity contribution >= 4 is 24.2 Å². The van der Waals surface area contributed by atoms with Gasteiger partial charge in [-0.25, -0.2) is 0 Å². The number of amides is 2. The molecule has 7 heteroatoms. The molecule has 0 aliphatic carbocycles. The van der Waals surface area contributed by atoms with E-state index in [0.29, 0.717) is 25.8 Å². The average Bonchev–Trinajstić information content (AvgIpc) is 2.84. The summed E-state index contributed by atoms with van der Waals surface area (Å²) >= 11 is 0. The number of piperidine rings is 1. The third kappa shape index (κ3) is 5.62. The van der Waals surface area contributed by atoms with E-state index < -0.39 is 5.60 Å². The highest BCUT2D eigenvalue weighted by atomic mass is 35.5. The van der Waals surface area contributed by atoms with Crippen molar-refractivity contribution in [2.24, 2.45) is 0 Å². The fourth-order valence-electron chi connectivity index (χ4n) is 3.28. The van der Waals surface area contributed by atoms with Gasteiger partial charge in [0.05, 0.1) is 0 Å². The zero-order valence-electron chi connectivity index (χ0n) is 14.1. The van der Waals surface area contributed by atoms with Crippen LogP contribution in [0.25, 0.3) is 0 Å². The Morgan fingerprint density at radius 2 is 1.74 bits per heavy atom. The molecule has 2 amide bonds. The van der Waals surface area contributed by atoms with E-state index in [-0.39, 0.29) is 24.2 Å². The number of likely N-dealkylation sites (tertiary alicyclic amines) is 1. The molecular formula is C16H30ClN3O3. The van der Waals surface area contributed by atoms with Gasteiger partial charge >= 0.3 is 0 Å². The van der Waals surface area contributed by atoms with Gasteiger partial charge in [0.2, 0.25) is 5.91 Å². The van der Waals surface area contributed by atoms with Crippen LogP contribution in [0.4, 0.5) is 0 Å². The molecule has 2 fully saturated rings. The van der Waals surface area contributed by atoms with Crippen molar-refractivity contribution in [1.82, 2.24) is 15.5 Å². The van der Waals surface area contributed by atoms with E-state index in [0.717, 1.165) is 39.0 Å². The fraction of sp³-hybridized carbons (Fsp3) is 0.875. The Bertz CT molecular complexity index is 379. The summed E-state index contributed by atoms with van der Waals surface area (Å²) in [6.07, 6.45) is 6.35. The second-order valence-electron chi connectivity index (χ2n) is 6.25. The van der Waals surface area contributed by atoms with Gasteiger partial charge in [0.15, 0.2) is 0 Å². The molecule has 23 heavy (non-hydrogen) atoms. The van der Waals surface area contributed by atoms with Gasteiger partial charge in [-0.15, -0.1) is 12.4 Å². The van der Waals surface area contributed by atoms with Crippen LogP contribution < -0.4 is 10.6 Å². The molecule has 0 spiro atoms. The van der Waals surface area contributed by atoms with Crippen LogP contribution in [-0.4, -0.2) is 62.1 Å². The molecule has 2 aliphatic heterocycles. The summed E-state index contributed by atoms with van der Waals surface area (Å²) < 4.78 is 5.48. The van der Waals surface area contributed by atoms with Crippen LogP contribution >= 0.6 is 12.4 Å². The van der Waals surface area contributed by atoms with Gasteiger partial charge in [-0.3, -0.25) is 9.59 Å². The molecule has 0 bridgehead atoms. The first-order valence-corrected chi connectivity index (χ1v) is 8.50. The molecule has 0 aromatic carbocycles. The number of ether oxygens (including phenoxy) is 1. The van der Waals surface area contributed by atoms with Crippen molar-refractivity contribution in [1.29, 1.82) is 0 Å². The minimum atomic E-state index is -0.725. The number of halogens is 1. The number of hydrogen-bond acceptors (Lipinski definition) is 4. The molecular weight excluding hydrogens is 318 g/mol. The van der Waals surface area contributed by atoms with Crippen LogP contribution in [0.3, 0.4) is 0 Å². The van der Waals surface area contributed by atoms with Crippen molar-refractivity contribution in [2.45, 2.75) is 50.5 Å². The summed E-state index contributed by atoms with van der Waals surface area (Å²) in [6.45, 7) is 3.69. The maximum absolute atomic E-state index is 12.4. The van der Waals surface area contributed by atoms with E-state index in [1.807, 2.05) is 4.90 Å². The zero-order valence-corrected chi connectivity index (χ0v) is 14.9. The minimum absolute atomic E-state index is 0. The van der Waals surface area contributed by atoms with E-state index in [4.69, 9.17) is 4.74 Å². The van der Waals surface area contributed by atoms with Gasteiger partial charge in [-0.1, -0.05) is 12.8 Å². The summed E-state index contributed by atoms with van der Waals surface area (Å²) in [5.41, 5.74) is -0.725. The summed E-state index contributed by atoms with van der Waals surface area (Å²) in [4.78, 5) is 26.5. The Labute approximate surface area is 145 Å². The third-order valence-corrected chi connectivity index (χ3v) is 4.80. The van der Waals surface area contributed by atoms with Crippen molar-refractivity contribution in [3.63, 3.8) is 0 Å². The molecule has 0 atom stereocenters. The second kappa shape index (κ2) is 10.1. The minimum Gasteiger partial charge on any atom is -0.368 e. The van der Waals surface area contributed by atoms with Crippen LogP contribution in [0.2, 0.25) is 0 Å². The molecule has 0 aromatic rings. The zero-order chi connectivity index (χ0) is 15.8. The van der Waals surface area contributed by atoms with E-state index >= 15 is 0 Å². The van der Waals surface area contributed by atoms with Gasteiger partial charge in [-0.05, 0) is 38.8 Å². The van der Waals surface area contributed by atoms with E-state index in [1.54, 1.807) is 7.11 Å². The van der Waals surface area contributed by atoms with Crippen molar-refractivity contribution in [3.8, 4) is 0 Å². The van der Waals surface area contributed by atoms with Crippen LogP contribution in [0.15, 0.2) is 0 Å². The molecule has 2 heterocycles. The second-order valence-corrected chi connectivity index (χ2v) is 6.25. The summed E-state index contributed by atoms with van der Waals surface area (Å²) in [6, 6.07) is 0. The number of nitrogens with one attached hydrogen (secondary N) is 2. The van der Waals surface area contributed by atoms with Crippen LogP contribution in [0, 0.1) is 0 Å². The smallest absolute Gasteiger partial charge is 0.252 e. The molecule has 2 N–H and O–H groups in total. The van der Waals surface area contributed by atoms with Gasteiger partial charge < -0.3 is 20.3 Å². The fourth-order valence-corrected chi connectivity index (χ4v) is 3.28. The van der Waals surface area contributed by atoms with Crippen molar-refractivity contribution in [2.75, 3.05) is 39.8 Å². The number of methoxy groups -OCH3 is 1. The van der Waals surface area contributed by atoms with Gasteiger partial charge in [0.1, 0.15) is 5.60 Å². The highest BCUT2D eigenvalue weighted by molar-refractivity contribution is 5.86. The Hall–Kier alpha value is -0.850. The lowest BCUT2D eigenvalue weighted by Gasteiger charge is -2.34. The van der Waals surface area contributed by atoms with Crippen LogP contribution in [0.1, 0.15) is 44.9 Å². The molecule has 0 unspecified atom stereocenters. The molecule has 0 aromatic heterocycles. The number of nitrogens with zero attached hydrogens (tertiary/aromatic N) is 1. The highest BCUT2D eigenvalue weighted by Gasteiger charge is 2.39. The predicted molar refractivity (Wildman–Crippen MR) is 91.8 cm³/mol. The SMILES string of the molecule is COC1(C(=O)NCCC(=O)N2CCCCCC2)CCNCC1.Cl. The maximum Gasteiger partial charge on any atom is 0.252 e. The summed E-state index contributed by atoms with van der Waals surface area (Å²) in [7, 11) is 1.59. The predicted octanol–water partition coefficient (Wildman–Crippen LogP) is 1.09. The lowest BCUT2D eigenvalue weighted by Crippen LogP contribution is -2.54. The number of rotatable bonds is 5. The Balaban J connectivity index is 0.00000264. The first kappa shape index (κ1) is 20.2. The number of hydrogen-bond donors (Lipinski definition) is 2. The topological polar surface area (TPSA) is 70.7 Å². The van der Waals surface area contributed by atoms with Crippen molar-refractivity contribution < 1.29 is 14.3 Å². The molecule has 2 saturated heterocycles. The first-order valence-electron chi connectivity index (χ1n) is 8.50. The molecule has 0 radical (unpaired) electrons. The largest absolute Gasteiger partial charge is 0.368 e. The normalized spacial score (nSPS) is 21.0. The highest BCUT2D eigenvalue weighted by Crippen LogP contribution is 2.22. The van der Waals surface area contributed by atoms with Crippen molar-refractivity contribution in [3.05, 3.63) is 0 Å². The monoisotopic (exact) mass is 347 g/mol. The Kier molecular flexibility index (Phi) is 8.87. The van der Waals surface area contributed by atoms with E-state index in [1.165, 1.54) is 12.8 Å². The van der Waals surface area contributed by atoms with Crippen LogP contribution in [0.5, 0.6) is 0 Å². The lowest BCUT2D eigenvalue weighted by atomic mass is 9.91. The van der Waals surface area contributed by atoms with E-state index in [9.17, 15) is 9.59 Å².